The second-order valence-electron chi connectivity index (χ2n) is 7.57. The van der Waals surface area contributed by atoms with Gasteiger partial charge in [0.15, 0.2) is 0 Å². The maximum absolute atomic E-state index is 12.7. The second kappa shape index (κ2) is 6.87. The Hall–Kier alpha value is -3.43. The number of hydrogen-bond donors (Lipinski definition) is 2. The predicted octanol–water partition coefficient (Wildman–Crippen LogP) is 1.91. The standard InChI is InChI=1S/C19H21N5O5/c1-9-11(7-14(25)20-18-21-23-24-22-18)17(26)28-16-10-5-6-19(2,3)29-12(10)8-13(27-4)15(9)16/h8H,5-7H2,1-4H3,(H2,20,21,22,23,24,25). The summed E-state index contributed by atoms with van der Waals surface area (Å²) in [5.41, 5.74) is 1.27. The number of aryl methyl sites for hydroxylation is 2. The van der Waals surface area contributed by atoms with E-state index < -0.39 is 11.5 Å². The van der Waals surface area contributed by atoms with Gasteiger partial charge in [-0.15, -0.1) is 5.10 Å². The second-order valence-corrected chi connectivity index (χ2v) is 7.57. The molecule has 2 N–H and O–H groups in total. The van der Waals surface area contributed by atoms with Gasteiger partial charge in [0.05, 0.1) is 24.5 Å². The van der Waals surface area contributed by atoms with Gasteiger partial charge >= 0.3 is 5.63 Å². The number of carbonyl (C=O) groups is 1. The molecule has 0 saturated heterocycles. The number of aromatic amines is 1. The number of carbonyl (C=O) groups excluding carboxylic acids is 1. The SMILES string of the molecule is COc1cc2c(c3oc(=O)c(CC(=O)Nc4nn[nH]n4)c(C)c13)CCC(C)(C)O2. The molecule has 0 aliphatic carbocycles. The monoisotopic (exact) mass is 399 g/mol. The van der Waals surface area contributed by atoms with Crippen LogP contribution in [-0.2, 0) is 17.6 Å². The molecule has 10 nitrogen and oxygen atoms in total. The molecule has 3 aromatic rings. The maximum atomic E-state index is 12.7. The molecule has 152 valence electrons. The van der Waals surface area contributed by atoms with Crippen molar-refractivity contribution in [3.05, 3.63) is 33.2 Å². The average Bonchev–Trinajstić information content (AvgIpc) is 3.16. The minimum Gasteiger partial charge on any atom is -0.496 e. The van der Waals surface area contributed by atoms with Crippen molar-refractivity contribution in [3.63, 3.8) is 0 Å². The number of aromatic nitrogens is 4. The molecule has 1 amide bonds. The fourth-order valence-electron chi connectivity index (χ4n) is 3.59. The van der Waals surface area contributed by atoms with Crippen LogP contribution in [0.1, 0.15) is 37.0 Å². The van der Waals surface area contributed by atoms with Crippen molar-refractivity contribution in [2.24, 2.45) is 0 Å². The topological polar surface area (TPSA) is 132 Å². The van der Waals surface area contributed by atoms with Crippen LogP contribution in [0.2, 0.25) is 0 Å². The molecule has 0 spiro atoms. The predicted molar refractivity (Wildman–Crippen MR) is 103 cm³/mol. The van der Waals surface area contributed by atoms with Crippen LogP contribution in [0.5, 0.6) is 11.5 Å². The normalized spacial score (nSPS) is 14.9. The van der Waals surface area contributed by atoms with Crippen molar-refractivity contribution in [2.45, 2.75) is 45.6 Å². The molecule has 0 unspecified atom stereocenters. The smallest absolute Gasteiger partial charge is 0.340 e. The maximum Gasteiger partial charge on any atom is 0.340 e. The highest BCUT2D eigenvalue weighted by Crippen LogP contribution is 2.43. The molecule has 0 atom stereocenters. The Labute approximate surface area is 165 Å². The van der Waals surface area contributed by atoms with Crippen molar-refractivity contribution in [3.8, 4) is 11.5 Å². The van der Waals surface area contributed by atoms with Crippen LogP contribution in [0, 0.1) is 6.92 Å². The molecule has 0 radical (unpaired) electrons. The zero-order valence-electron chi connectivity index (χ0n) is 16.6. The number of nitrogens with zero attached hydrogens (tertiary/aromatic N) is 3. The molecule has 10 heteroatoms. The van der Waals surface area contributed by atoms with Gasteiger partial charge in [0, 0.05) is 11.6 Å². The number of nitrogens with one attached hydrogen (secondary N) is 2. The Morgan fingerprint density at radius 2 is 2.21 bits per heavy atom. The minimum atomic E-state index is -0.571. The lowest BCUT2D eigenvalue weighted by atomic mass is 9.91. The van der Waals surface area contributed by atoms with Gasteiger partial charge < -0.3 is 13.9 Å². The molecule has 2 aromatic heterocycles. The molecule has 1 aliphatic rings. The highest BCUT2D eigenvalue weighted by molar-refractivity contribution is 5.95. The Morgan fingerprint density at radius 1 is 1.41 bits per heavy atom. The van der Waals surface area contributed by atoms with Gasteiger partial charge in [0.2, 0.25) is 5.91 Å². The number of H-pyrrole nitrogens is 1. The summed E-state index contributed by atoms with van der Waals surface area (Å²) < 4.78 is 17.3. The van der Waals surface area contributed by atoms with E-state index >= 15 is 0 Å². The summed E-state index contributed by atoms with van der Waals surface area (Å²) in [6.07, 6.45) is 1.31. The molecule has 1 aromatic carbocycles. The zero-order valence-corrected chi connectivity index (χ0v) is 16.6. The summed E-state index contributed by atoms with van der Waals surface area (Å²) in [6.45, 7) is 5.80. The van der Waals surface area contributed by atoms with Crippen LogP contribution >= 0.6 is 0 Å². The lowest BCUT2D eigenvalue weighted by Crippen LogP contribution is -2.32. The number of benzene rings is 1. The Balaban J connectivity index is 1.80. The first kappa shape index (κ1) is 18.9. The van der Waals surface area contributed by atoms with Crippen LogP contribution in [0.15, 0.2) is 15.3 Å². The molecule has 0 bridgehead atoms. The summed E-state index contributed by atoms with van der Waals surface area (Å²) >= 11 is 0. The molecular formula is C19H21N5O5. The van der Waals surface area contributed by atoms with Gasteiger partial charge in [-0.1, -0.05) is 5.10 Å². The van der Waals surface area contributed by atoms with E-state index in [1.807, 2.05) is 19.9 Å². The molecule has 4 rings (SSSR count). The van der Waals surface area contributed by atoms with E-state index in [0.29, 0.717) is 34.5 Å². The highest BCUT2D eigenvalue weighted by Gasteiger charge is 2.31. The summed E-state index contributed by atoms with van der Waals surface area (Å²) in [4.78, 5) is 25.0. The van der Waals surface area contributed by atoms with Crippen LogP contribution in [0.3, 0.4) is 0 Å². The van der Waals surface area contributed by atoms with Crippen LogP contribution in [0.4, 0.5) is 5.95 Å². The average molecular weight is 399 g/mol. The van der Waals surface area contributed by atoms with Crippen molar-refractivity contribution in [2.75, 3.05) is 12.4 Å². The fourth-order valence-corrected chi connectivity index (χ4v) is 3.59. The first-order valence-corrected chi connectivity index (χ1v) is 9.17. The molecule has 3 heterocycles. The fraction of sp³-hybridized carbons (Fsp3) is 0.421. The number of fused-ring (bicyclic) bond motifs is 3. The lowest BCUT2D eigenvalue weighted by molar-refractivity contribution is -0.115. The minimum absolute atomic E-state index is 0.0317. The van der Waals surface area contributed by atoms with E-state index in [2.05, 4.69) is 25.9 Å². The lowest BCUT2D eigenvalue weighted by Gasteiger charge is -2.33. The molecule has 0 fully saturated rings. The van der Waals surface area contributed by atoms with E-state index in [4.69, 9.17) is 13.9 Å². The zero-order chi connectivity index (χ0) is 20.8. The van der Waals surface area contributed by atoms with Crippen molar-refractivity contribution >= 4 is 22.8 Å². The van der Waals surface area contributed by atoms with E-state index in [9.17, 15) is 9.59 Å². The summed E-state index contributed by atoms with van der Waals surface area (Å²) in [5.74, 6) is 0.751. The van der Waals surface area contributed by atoms with Crippen molar-refractivity contribution in [1.29, 1.82) is 0 Å². The quantitative estimate of drug-likeness (QED) is 0.636. The summed E-state index contributed by atoms with van der Waals surface area (Å²) in [7, 11) is 1.54. The summed E-state index contributed by atoms with van der Waals surface area (Å²) in [6, 6.07) is 1.81. The van der Waals surface area contributed by atoms with Crippen molar-refractivity contribution < 1.29 is 18.7 Å². The number of amides is 1. The highest BCUT2D eigenvalue weighted by atomic mass is 16.5. The van der Waals surface area contributed by atoms with Gasteiger partial charge in [0.25, 0.3) is 5.95 Å². The van der Waals surface area contributed by atoms with Gasteiger partial charge in [-0.25, -0.2) is 4.79 Å². The van der Waals surface area contributed by atoms with E-state index in [1.54, 1.807) is 14.0 Å². The first-order chi connectivity index (χ1) is 13.8. The molecule has 0 saturated carbocycles. The van der Waals surface area contributed by atoms with E-state index in [1.165, 1.54) is 0 Å². The Kier molecular flexibility index (Phi) is 4.48. The van der Waals surface area contributed by atoms with E-state index in [0.717, 1.165) is 12.0 Å². The molecule has 1 aliphatic heterocycles. The number of methoxy groups -OCH3 is 1. The number of anilines is 1. The number of ether oxygens (including phenoxy) is 2. The Morgan fingerprint density at radius 3 is 2.90 bits per heavy atom. The van der Waals surface area contributed by atoms with Gasteiger partial charge in [-0.05, 0) is 44.4 Å². The molecular weight excluding hydrogens is 378 g/mol. The van der Waals surface area contributed by atoms with E-state index in [-0.39, 0.29) is 23.5 Å². The first-order valence-electron chi connectivity index (χ1n) is 9.17. The van der Waals surface area contributed by atoms with Crippen LogP contribution < -0.4 is 20.4 Å². The third-order valence-corrected chi connectivity index (χ3v) is 5.09. The van der Waals surface area contributed by atoms with Crippen molar-refractivity contribution in [1.82, 2.24) is 20.6 Å². The molecule has 29 heavy (non-hydrogen) atoms. The van der Waals surface area contributed by atoms with Gasteiger partial charge in [-0.3, -0.25) is 10.1 Å². The third-order valence-electron chi connectivity index (χ3n) is 5.09. The number of tetrazole rings is 1. The third kappa shape index (κ3) is 3.41. The van der Waals surface area contributed by atoms with Gasteiger partial charge in [-0.2, -0.15) is 5.21 Å². The summed E-state index contributed by atoms with van der Waals surface area (Å²) in [5, 5.41) is 16.1. The number of rotatable bonds is 4. The Bertz CT molecular complexity index is 1150. The van der Waals surface area contributed by atoms with Gasteiger partial charge in [0.1, 0.15) is 22.7 Å². The number of hydrogen-bond acceptors (Lipinski definition) is 8. The van der Waals surface area contributed by atoms with Crippen LogP contribution in [-0.4, -0.2) is 39.2 Å². The van der Waals surface area contributed by atoms with Crippen LogP contribution in [0.25, 0.3) is 11.0 Å². The largest absolute Gasteiger partial charge is 0.496 e.